The van der Waals surface area contributed by atoms with Crippen molar-refractivity contribution in [1.82, 2.24) is 15.1 Å². The Morgan fingerprint density at radius 1 is 1.32 bits per heavy atom. The van der Waals surface area contributed by atoms with Crippen LogP contribution >= 0.6 is 11.6 Å². The van der Waals surface area contributed by atoms with Crippen LogP contribution in [-0.4, -0.2) is 67.7 Å². The number of hydrogen-bond donors (Lipinski definition) is 1. The molecule has 0 saturated carbocycles. The van der Waals surface area contributed by atoms with Crippen molar-refractivity contribution in [2.24, 2.45) is 0 Å². The smallest absolute Gasteiger partial charge is 0.234 e. The molecule has 1 aromatic carbocycles. The Hall–Kier alpha value is -1.14. The van der Waals surface area contributed by atoms with Crippen molar-refractivity contribution in [2.75, 3.05) is 46.4 Å². The molecule has 0 spiro atoms. The van der Waals surface area contributed by atoms with E-state index in [4.69, 9.17) is 16.3 Å². The summed E-state index contributed by atoms with van der Waals surface area (Å²) >= 11 is 5.94. The number of ether oxygens (including phenoxy) is 1. The van der Waals surface area contributed by atoms with Gasteiger partial charge in [0.15, 0.2) is 0 Å². The van der Waals surface area contributed by atoms with Gasteiger partial charge in [0.2, 0.25) is 5.91 Å². The van der Waals surface area contributed by atoms with Gasteiger partial charge in [-0.3, -0.25) is 14.6 Å². The lowest BCUT2D eigenvalue weighted by Gasteiger charge is -2.41. The Morgan fingerprint density at radius 2 is 1.92 bits per heavy atom. The van der Waals surface area contributed by atoms with Crippen LogP contribution in [0.2, 0.25) is 5.02 Å². The van der Waals surface area contributed by atoms with Crippen molar-refractivity contribution in [1.29, 1.82) is 0 Å². The number of rotatable bonds is 7. The number of nitrogens with zero attached hydrogens (tertiary/aromatic N) is 2. The summed E-state index contributed by atoms with van der Waals surface area (Å²) < 4.78 is 5.40. The highest BCUT2D eigenvalue weighted by atomic mass is 35.5. The third kappa shape index (κ3) is 5.96. The second kappa shape index (κ2) is 8.99. The van der Waals surface area contributed by atoms with Crippen molar-refractivity contribution in [3.8, 4) is 0 Å². The van der Waals surface area contributed by atoms with E-state index in [9.17, 15) is 4.79 Å². The maximum Gasteiger partial charge on any atom is 0.234 e. The normalized spacial score (nSPS) is 17.5. The highest BCUT2D eigenvalue weighted by Crippen LogP contribution is 2.20. The average Bonchev–Trinajstić information content (AvgIpc) is 2.61. The lowest BCUT2D eigenvalue weighted by Crippen LogP contribution is -2.56. The summed E-state index contributed by atoms with van der Waals surface area (Å²) in [5.41, 5.74) is 1.08. The first-order valence-electron chi connectivity index (χ1n) is 8.85. The molecular formula is C19H30ClN3O2. The van der Waals surface area contributed by atoms with Crippen LogP contribution in [0.1, 0.15) is 32.4 Å². The van der Waals surface area contributed by atoms with Crippen LogP contribution < -0.4 is 5.32 Å². The Morgan fingerprint density at radius 3 is 2.52 bits per heavy atom. The minimum atomic E-state index is -0.0696. The topological polar surface area (TPSA) is 44.8 Å². The fourth-order valence-corrected chi connectivity index (χ4v) is 3.14. The number of carbonyl (C=O) groups is 1. The van der Waals surface area contributed by atoms with E-state index in [0.29, 0.717) is 13.1 Å². The monoisotopic (exact) mass is 367 g/mol. The summed E-state index contributed by atoms with van der Waals surface area (Å²) in [6.45, 7) is 10.8. The summed E-state index contributed by atoms with van der Waals surface area (Å²) in [7, 11) is 1.96. The van der Waals surface area contributed by atoms with Crippen molar-refractivity contribution < 1.29 is 9.53 Å². The molecule has 1 saturated heterocycles. The summed E-state index contributed by atoms with van der Waals surface area (Å²) in [4.78, 5) is 16.8. The third-order valence-electron chi connectivity index (χ3n) is 4.99. The van der Waals surface area contributed by atoms with Gasteiger partial charge in [-0.05, 0) is 45.5 Å². The molecule has 1 aliphatic rings. The number of hydrogen-bond acceptors (Lipinski definition) is 4. The first-order chi connectivity index (χ1) is 11.8. The van der Waals surface area contributed by atoms with Crippen LogP contribution in [0.5, 0.6) is 0 Å². The first-order valence-corrected chi connectivity index (χ1v) is 9.22. The van der Waals surface area contributed by atoms with Crippen LogP contribution in [-0.2, 0) is 9.53 Å². The zero-order chi connectivity index (χ0) is 18.4. The van der Waals surface area contributed by atoms with Gasteiger partial charge in [0, 0.05) is 36.2 Å². The fourth-order valence-electron chi connectivity index (χ4n) is 3.01. The molecule has 0 aliphatic carbocycles. The van der Waals surface area contributed by atoms with Crippen LogP contribution in [0, 0.1) is 0 Å². The fraction of sp³-hybridized carbons (Fsp3) is 0.632. The van der Waals surface area contributed by atoms with Gasteiger partial charge >= 0.3 is 0 Å². The number of carbonyl (C=O) groups excluding carboxylic acids is 1. The standard InChI is InChI=1S/C19H30ClN3O2/c1-15(16-5-7-17(20)8-6-16)22(4)13-18(24)21-14-19(2,3)23-9-11-25-12-10-23/h5-8,15H,9-14H2,1-4H3,(H,21,24). The molecule has 5 nitrogen and oxygen atoms in total. The van der Waals surface area contributed by atoms with Gasteiger partial charge in [0.05, 0.1) is 19.8 Å². The van der Waals surface area contributed by atoms with Gasteiger partial charge in [-0.1, -0.05) is 23.7 Å². The number of benzene rings is 1. The highest BCUT2D eigenvalue weighted by molar-refractivity contribution is 6.30. The van der Waals surface area contributed by atoms with Crippen molar-refractivity contribution >= 4 is 17.5 Å². The molecule has 2 rings (SSSR count). The van der Waals surface area contributed by atoms with Crippen LogP contribution in [0.4, 0.5) is 0 Å². The van der Waals surface area contributed by atoms with Crippen molar-refractivity contribution in [3.63, 3.8) is 0 Å². The van der Waals surface area contributed by atoms with E-state index in [1.165, 1.54) is 0 Å². The minimum Gasteiger partial charge on any atom is -0.379 e. The molecule has 0 bridgehead atoms. The van der Waals surface area contributed by atoms with E-state index in [1.54, 1.807) is 0 Å². The molecule has 1 aliphatic heterocycles. The van der Waals surface area contributed by atoms with Gasteiger partial charge < -0.3 is 10.1 Å². The summed E-state index contributed by atoms with van der Waals surface area (Å²) in [5.74, 6) is 0.0460. The molecular weight excluding hydrogens is 338 g/mol. The summed E-state index contributed by atoms with van der Waals surface area (Å²) in [6, 6.07) is 7.92. The van der Waals surface area contributed by atoms with Crippen molar-refractivity contribution in [3.05, 3.63) is 34.9 Å². The zero-order valence-electron chi connectivity index (χ0n) is 15.7. The number of likely N-dealkylation sites (N-methyl/N-ethyl adjacent to an activating group) is 1. The highest BCUT2D eigenvalue weighted by Gasteiger charge is 2.28. The average molecular weight is 368 g/mol. The maximum absolute atomic E-state index is 12.4. The third-order valence-corrected chi connectivity index (χ3v) is 5.24. The quantitative estimate of drug-likeness (QED) is 0.804. The summed E-state index contributed by atoms with van der Waals surface area (Å²) in [6.07, 6.45) is 0. The Balaban J connectivity index is 1.81. The molecule has 1 fully saturated rings. The van der Waals surface area contributed by atoms with Gasteiger partial charge in [-0.15, -0.1) is 0 Å². The molecule has 1 aromatic rings. The Kier molecular flexibility index (Phi) is 7.25. The number of morpholine rings is 1. The SMILES string of the molecule is CC(c1ccc(Cl)cc1)N(C)CC(=O)NCC(C)(C)N1CCOCC1. The van der Waals surface area contributed by atoms with E-state index >= 15 is 0 Å². The molecule has 1 amide bonds. The van der Waals surface area contributed by atoms with E-state index in [1.807, 2.05) is 36.2 Å². The van der Waals surface area contributed by atoms with Crippen molar-refractivity contribution in [2.45, 2.75) is 32.4 Å². The second-order valence-corrected chi connectivity index (χ2v) is 7.77. The lowest BCUT2D eigenvalue weighted by molar-refractivity contribution is -0.123. The lowest BCUT2D eigenvalue weighted by atomic mass is 10.0. The van der Waals surface area contributed by atoms with Gasteiger partial charge in [0.25, 0.3) is 0 Å². The van der Waals surface area contributed by atoms with Gasteiger partial charge in [-0.25, -0.2) is 0 Å². The van der Waals surface area contributed by atoms with E-state index < -0.39 is 0 Å². The molecule has 1 atom stereocenters. The molecule has 1 unspecified atom stereocenters. The molecule has 1 N–H and O–H groups in total. The molecule has 140 valence electrons. The van der Waals surface area contributed by atoms with Gasteiger partial charge in [0.1, 0.15) is 0 Å². The zero-order valence-corrected chi connectivity index (χ0v) is 16.5. The van der Waals surface area contributed by atoms with Crippen LogP contribution in [0.25, 0.3) is 0 Å². The molecule has 0 aromatic heterocycles. The number of nitrogens with one attached hydrogen (secondary N) is 1. The maximum atomic E-state index is 12.4. The predicted molar refractivity (Wildman–Crippen MR) is 102 cm³/mol. The Bertz CT molecular complexity index is 556. The van der Waals surface area contributed by atoms with E-state index in [2.05, 4.69) is 31.0 Å². The molecule has 6 heteroatoms. The number of amides is 1. The predicted octanol–water partition coefficient (Wildman–Crippen LogP) is 2.56. The van der Waals surface area contributed by atoms with Crippen LogP contribution in [0.15, 0.2) is 24.3 Å². The minimum absolute atomic E-state index is 0.0460. The van der Waals surface area contributed by atoms with E-state index in [-0.39, 0.29) is 17.5 Å². The van der Waals surface area contributed by atoms with Gasteiger partial charge in [-0.2, -0.15) is 0 Å². The largest absolute Gasteiger partial charge is 0.379 e. The second-order valence-electron chi connectivity index (χ2n) is 7.33. The number of halogens is 1. The first kappa shape index (κ1) is 20.2. The molecule has 0 radical (unpaired) electrons. The van der Waals surface area contributed by atoms with Crippen LogP contribution in [0.3, 0.4) is 0 Å². The Labute approximate surface area is 156 Å². The summed E-state index contributed by atoms with van der Waals surface area (Å²) in [5, 5.41) is 3.81. The molecule has 25 heavy (non-hydrogen) atoms. The van der Waals surface area contributed by atoms with E-state index in [0.717, 1.165) is 36.9 Å². The molecule has 1 heterocycles.